The second kappa shape index (κ2) is 27.4. The third-order valence-electron chi connectivity index (χ3n) is 15.2. The standard InChI is InChI=1S/C56H80N14O6/c1-3-5-31-75-54-63-47-44(53(73)62-48(47)50(58)65-54)33-39-7-9-40(10-8-39)34-68-27-21-37(22-28-68)19-25-60-45(71)17-15-43(57)16-18-46(72)61-26-20-38-23-29-69(30-24-38)35-41-11-13-42(14-12-41)36-70-52-49(64-56(70)74)51(59)66-55(67-52)76-32-6-4-2/h7-14,37-38,43-44H,3-6,15-36,57H2,1-2H3,(H,60,71)(H,61,72)(H,62,73)(H,64,74)(H2,58,63,65)(H2,59,66,67). The SMILES string of the molecule is CCCCOc1nc(N)c2c(n1)C(Cc1ccc(CN3CCC(CCNC(=O)CCC(N)CCC(=O)NCCC4CCN(Cc5ccc(Cn6c(=O)[nH]c7c(N)nc(OCCCC)nc76)cc5)CC4)CC3)cc1)C(=O)N2. The summed E-state index contributed by atoms with van der Waals surface area (Å²) in [6.07, 6.45) is 12.3. The van der Waals surface area contributed by atoms with Crippen LogP contribution in [-0.4, -0.2) is 116 Å². The summed E-state index contributed by atoms with van der Waals surface area (Å²) < 4.78 is 12.9. The number of anilines is 3. The maximum absolute atomic E-state index is 12.9. The van der Waals surface area contributed by atoms with Crippen LogP contribution in [0.5, 0.6) is 12.0 Å². The first-order valence-corrected chi connectivity index (χ1v) is 27.8. The van der Waals surface area contributed by atoms with Crippen LogP contribution in [0.25, 0.3) is 11.2 Å². The lowest BCUT2D eigenvalue weighted by atomic mass is 9.93. The lowest BCUT2D eigenvalue weighted by Crippen LogP contribution is -2.35. The molecule has 3 aromatic heterocycles. The van der Waals surface area contributed by atoms with Crippen LogP contribution >= 0.6 is 0 Å². The molecule has 8 rings (SSSR count). The van der Waals surface area contributed by atoms with Crippen molar-refractivity contribution in [3.63, 3.8) is 0 Å². The van der Waals surface area contributed by atoms with E-state index < -0.39 is 5.92 Å². The van der Waals surface area contributed by atoms with E-state index in [-0.39, 0.29) is 53.1 Å². The second-order valence-corrected chi connectivity index (χ2v) is 21.1. The van der Waals surface area contributed by atoms with Crippen LogP contribution in [0.4, 0.5) is 17.3 Å². The summed E-state index contributed by atoms with van der Waals surface area (Å²) in [6.45, 7) is 12.6. The van der Waals surface area contributed by atoms with Crippen molar-refractivity contribution in [1.29, 1.82) is 0 Å². The number of likely N-dealkylation sites (tertiary alicyclic amines) is 2. The van der Waals surface area contributed by atoms with Gasteiger partial charge in [-0.25, -0.2) is 4.79 Å². The maximum atomic E-state index is 12.9. The summed E-state index contributed by atoms with van der Waals surface area (Å²) in [7, 11) is 0. The van der Waals surface area contributed by atoms with Gasteiger partial charge in [-0.15, -0.1) is 0 Å². The van der Waals surface area contributed by atoms with Crippen LogP contribution in [0.2, 0.25) is 0 Å². The summed E-state index contributed by atoms with van der Waals surface area (Å²) in [4.78, 5) is 76.4. The van der Waals surface area contributed by atoms with E-state index in [1.165, 1.54) is 11.1 Å². The zero-order chi connectivity index (χ0) is 53.4. The van der Waals surface area contributed by atoms with E-state index in [1.54, 1.807) is 4.57 Å². The summed E-state index contributed by atoms with van der Waals surface area (Å²) >= 11 is 0. The van der Waals surface area contributed by atoms with E-state index in [1.807, 2.05) is 0 Å². The third kappa shape index (κ3) is 15.7. The van der Waals surface area contributed by atoms with Crippen molar-refractivity contribution in [2.45, 2.75) is 142 Å². The first kappa shape index (κ1) is 55.6. The Morgan fingerprint density at radius 3 is 1.70 bits per heavy atom. The predicted octanol–water partition coefficient (Wildman–Crippen LogP) is 5.78. The number of hydrogen-bond donors (Lipinski definition) is 7. The smallest absolute Gasteiger partial charge is 0.328 e. The number of rotatable bonds is 28. The number of H-pyrrole nitrogens is 1. The number of ether oxygens (including phenoxy) is 2. The zero-order valence-electron chi connectivity index (χ0n) is 44.6. The molecule has 0 bridgehead atoms. The number of benzene rings is 2. The van der Waals surface area contributed by atoms with E-state index in [9.17, 15) is 19.2 Å². The Bertz CT molecular complexity index is 2750. The molecule has 3 aliphatic heterocycles. The lowest BCUT2D eigenvalue weighted by molar-refractivity contribution is -0.121. The van der Waals surface area contributed by atoms with E-state index in [2.05, 4.69) is 113 Å². The Morgan fingerprint density at radius 1 is 0.684 bits per heavy atom. The molecule has 2 unspecified atom stereocenters. The number of fused-ring (bicyclic) bond motifs is 2. The fourth-order valence-corrected chi connectivity index (χ4v) is 10.4. The lowest BCUT2D eigenvalue weighted by Gasteiger charge is -2.32. The van der Waals surface area contributed by atoms with Crippen molar-refractivity contribution in [1.82, 2.24) is 49.9 Å². The van der Waals surface area contributed by atoms with Crippen molar-refractivity contribution >= 4 is 46.2 Å². The summed E-state index contributed by atoms with van der Waals surface area (Å²) in [6, 6.07) is 17.0. The fraction of sp³-hybridized carbons (Fsp3) is 0.571. The Labute approximate surface area is 446 Å². The molecule has 2 aromatic carbocycles. The average molecular weight is 1050 g/mol. The minimum atomic E-state index is -0.456. The summed E-state index contributed by atoms with van der Waals surface area (Å²) in [5.41, 5.74) is 24.7. The molecule has 0 aliphatic carbocycles. The number of nitrogen functional groups attached to an aromatic ring is 2. The number of aromatic nitrogens is 6. The molecule has 2 saturated heterocycles. The van der Waals surface area contributed by atoms with Crippen LogP contribution in [-0.2, 0) is 40.4 Å². The van der Waals surface area contributed by atoms with Crippen LogP contribution < -0.4 is 48.3 Å². The highest BCUT2D eigenvalue weighted by Gasteiger charge is 2.35. The molecule has 2 atom stereocenters. The van der Waals surface area contributed by atoms with Crippen LogP contribution in [0.3, 0.4) is 0 Å². The molecule has 5 aromatic rings. The molecule has 10 N–H and O–H groups in total. The molecule has 3 aliphatic rings. The van der Waals surface area contributed by atoms with Crippen molar-refractivity contribution in [3.8, 4) is 12.0 Å². The van der Waals surface area contributed by atoms with Gasteiger partial charge in [-0.2, -0.15) is 19.9 Å². The minimum absolute atomic E-state index is 0.0153. The molecule has 410 valence electrons. The quantitative estimate of drug-likeness (QED) is 0.0292. The van der Waals surface area contributed by atoms with E-state index in [0.29, 0.717) is 99.3 Å². The number of carbonyl (C=O) groups is 3. The largest absolute Gasteiger partial charge is 0.463 e. The fourth-order valence-electron chi connectivity index (χ4n) is 10.4. The second-order valence-electron chi connectivity index (χ2n) is 21.1. The van der Waals surface area contributed by atoms with Crippen LogP contribution in [0, 0.1) is 11.8 Å². The zero-order valence-corrected chi connectivity index (χ0v) is 44.6. The minimum Gasteiger partial charge on any atom is -0.463 e. The van der Waals surface area contributed by atoms with E-state index >= 15 is 0 Å². The Hall–Kier alpha value is -6.64. The first-order valence-electron chi connectivity index (χ1n) is 27.8. The van der Waals surface area contributed by atoms with Crippen molar-refractivity contribution < 1.29 is 23.9 Å². The average Bonchev–Trinajstić information content (AvgIpc) is 3.94. The Morgan fingerprint density at radius 2 is 1.17 bits per heavy atom. The van der Waals surface area contributed by atoms with Gasteiger partial charge in [-0.1, -0.05) is 75.2 Å². The number of aromatic amines is 1. The molecule has 2 fully saturated rings. The van der Waals surface area contributed by atoms with Crippen LogP contribution in [0.1, 0.15) is 138 Å². The number of carbonyl (C=O) groups excluding carboxylic acids is 3. The van der Waals surface area contributed by atoms with Crippen LogP contribution in [0.15, 0.2) is 53.3 Å². The van der Waals surface area contributed by atoms with Gasteiger partial charge in [-0.05, 0) is 131 Å². The van der Waals surface area contributed by atoms with Gasteiger partial charge < -0.3 is 47.6 Å². The molecule has 6 heterocycles. The molecule has 0 radical (unpaired) electrons. The number of hydrogen-bond acceptors (Lipinski definition) is 15. The van der Waals surface area contributed by atoms with Gasteiger partial charge in [0.1, 0.15) is 11.2 Å². The van der Waals surface area contributed by atoms with Gasteiger partial charge in [0.25, 0.3) is 0 Å². The number of unbranched alkanes of at least 4 members (excludes halogenated alkanes) is 2. The van der Waals surface area contributed by atoms with E-state index in [0.717, 1.165) is 115 Å². The maximum Gasteiger partial charge on any atom is 0.328 e. The van der Waals surface area contributed by atoms with Gasteiger partial charge in [0.05, 0.1) is 31.4 Å². The van der Waals surface area contributed by atoms with Gasteiger partial charge in [0, 0.05) is 45.1 Å². The van der Waals surface area contributed by atoms with Crippen molar-refractivity contribution in [2.24, 2.45) is 17.6 Å². The highest BCUT2D eigenvalue weighted by Crippen LogP contribution is 2.38. The molecular weight excluding hydrogens is 965 g/mol. The number of nitrogens with one attached hydrogen (secondary N) is 4. The van der Waals surface area contributed by atoms with Crippen molar-refractivity contribution in [3.05, 3.63) is 87.0 Å². The summed E-state index contributed by atoms with van der Waals surface area (Å²) in [5, 5.41) is 9.06. The van der Waals surface area contributed by atoms with Gasteiger partial charge in [0.2, 0.25) is 17.7 Å². The molecule has 0 saturated carbocycles. The Balaban J connectivity index is 0.637. The predicted molar refractivity (Wildman–Crippen MR) is 295 cm³/mol. The number of amides is 3. The number of nitrogens with zero attached hydrogens (tertiary/aromatic N) is 7. The Kier molecular flexibility index (Phi) is 20.1. The van der Waals surface area contributed by atoms with Crippen molar-refractivity contribution in [2.75, 3.05) is 69.3 Å². The monoisotopic (exact) mass is 1040 g/mol. The summed E-state index contributed by atoms with van der Waals surface area (Å²) in [5.74, 6) is 0.999. The normalized spacial score (nSPS) is 16.9. The number of piperidine rings is 2. The topological polar surface area (TPSA) is 280 Å². The molecule has 20 nitrogen and oxygen atoms in total. The number of imidazole rings is 1. The van der Waals surface area contributed by atoms with Gasteiger partial charge >= 0.3 is 17.7 Å². The van der Waals surface area contributed by atoms with E-state index in [4.69, 9.17) is 26.7 Å². The number of nitrogens with two attached hydrogens (primary N) is 3. The molecule has 0 spiro atoms. The molecular formula is C56H80N14O6. The highest BCUT2D eigenvalue weighted by atomic mass is 16.5. The molecule has 20 heteroatoms. The third-order valence-corrected chi connectivity index (χ3v) is 15.2. The highest BCUT2D eigenvalue weighted by molar-refractivity contribution is 6.04. The van der Waals surface area contributed by atoms with Gasteiger partial charge in [-0.3, -0.25) is 28.8 Å². The van der Waals surface area contributed by atoms with Gasteiger partial charge in [0.15, 0.2) is 17.3 Å². The molecule has 3 amide bonds. The first-order chi connectivity index (χ1) is 36.9. The molecule has 76 heavy (non-hydrogen) atoms.